The normalized spacial score (nSPS) is 10.1. The Bertz CT molecular complexity index is 522. The van der Waals surface area contributed by atoms with Gasteiger partial charge in [-0.2, -0.15) is 5.26 Å². The largest absolute Gasteiger partial charge is 0.392 e. The molecule has 86 valence electrons. The fourth-order valence-corrected chi connectivity index (χ4v) is 1.68. The molecule has 2 rings (SSSR count). The van der Waals surface area contributed by atoms with Gasteiger partial charge in [-0.25, -0.2) is 9.13 Å². The molecule has 0 aliphatic rings. The number of nitriles is 1. The minimum absolute atomic E-state index is 0.144. The van der Waals surface area contributed by atoms with E-state index in [1.54, 1.807) is 0 Å². The van der Waals surface area contributed by atoms with Crippen LogP contribution in [0.4, 0.5) is 0 Å². The summed E-state index contributed by atoms with van der Waals surface area (Å²) in [6.45, 7) is 1.52. The van der Waals surface area contributed by atoms with Crippen molar-refractivity contribution in [2.24, 2.45) is 0 Å². The molecule has 4 nitrogen and oxygen atoms in total. The number of aliphatic hydroxyl groups is 1. The van der Waals surface area contributed by atoms with E-state index in [0.29, 0.717) is 12.1 Å². The first-order chi connectivity index (χ1) is 8.31. The van der Waals surface area contributed by atoms with Gasteiger partial charge in [-0.1, -0.05) is 12.1 Å². The van der Waals surface area contributed by atoms with Gasteiger partial charge < -0.3 is 5.11 Å². The smallest absolute Gasteiger partial charge is 0.244 e. The lowest BCUT2D eigenvalue weighted by molar-refractivity contribution is -0.687. The van der Waals surface area contributed by atoms with Crippen LogP contribution in [0.1, 0.15) is 11.1 Å². The van der Waals surface area contributed by atoms with Crippen LogP contribution in [-0.2, 0) is 13.1 Å². The van der Waals surface area contributed by atoms with Gasteiger partial charge in [0.2, 0.25) is 6.33 Å². The van der Waals surface area contributed by atoms with Gasteiger partial charge in [0.15, 0.2) is 0 Å². The first kappa shape index (κ1) is 11.4. The average Bonchev–Trinajstić information content (AvgIpc) is 2.78. The molecule has 0 saturated heterocycles. The monoisotopic (exact) mass is 228 g/mol. The Labute approximate surface area is 100.0 Å². The van der Waals surface area contributed by atoms with Crippen molar-refractivity contribution in [1.82, 2.24) is 4.57 Å². The van der Waals surface area contributed by atoms with Crippen molar-refractivity contribution in [2.45, 2.75) is 13.1 Å². The molecule has 17 heavy (non-hydrogen) atoms. The highest BCUT2D eigenvalue weighted by Crippen LogP contribution is 2.02. The Morgan fingerprint density at radius 3 is 2.71 bits per heavy atom. The van der Waals surface area contributed by atoms with Crippen LogP contribution in [0.15, 0.2) is 43.0 Å². The Kier molecular flexibility index (Phi) is 3.53. The molecular weight excluding hydrogens is 214 g/mol. The van der Waals surface area contributed by atoms with E-state index in [4.69, 9.17) is 10.4 Å². The highest BCUT2D eigenvalue weighted by Gasteiger charge is 2.04. The quantitative estimate of drug-likeness (QED) is 0.783. The van der Waals surface area contributed by atoms with E-state index >= 15 is 0 Å². The van der Waals surface area contributed by atoms with Crippen LogP contribution in [0.5, 0.6) is 0 Å². The van der Waals surface area contributed by atoms with E-state index in [1.807, 2.05) is 52.1 Å². The van der Waals surface area contributed by atoms with Gasteiger partial charge in [-0.05, 0) is 17.7 Å². The summed E-state index contributed by atoms with van der Waals surface area (Å²) >= 11 is 0. The van der Waals surface area contributed by atoms with Crippen molar-refractivity contribution in [3.63, 3.8) is 0 Å². The number of aliphatic hydroxyl groups excluding tert-OH is 1. The minimum atomic E-state index is 0.144. The summed E-state index contributed by atoms with van der Waals surface area (Å²) in [5.74, 6) is 0. The molecule has 2 aromatic rings. The van der Waals surface area contributed by atoms with E-state index in [9.17, 15) is 0 Å². The van der Waals surface area contributed by atoms with E-state index < -0.39 is 0 Å². The number of aromatic nitrogens is 2. The molecule has 0 radical (unpaired) electrons. The molecule has 0 atom stereocenters. The highest BCUT2D eigenvalue weighted by atomic mass is 16.3. The molecule has 0 saturated carbocycles. The Hall–Kier alpha value is -2.12. The van der Waals surface area contributed by atoms with Crippen LogP contribution in [0.3, 0.4) is 0 Å². The molecule has 4 heteroatoms. The maximum atomic E-state index is 8.82. The topological polar surface area (TPSA) is 52.8 Å². The number of imidazole rings is 1. The summed E-state index contributed by atoms with van der Waals surface area (Å²) in [4.78, 5) is 0. The van der Waals surface area contributed by atoms with Crippen LogP contribution >= 0.6 is 0 Å². The van der Waals surface area contributed by atoms with Crippen LogP contribution in [0, 0.1) is 11.3 Å². The standard InChI is InChI=1S/C13H14N3O/c14-9-12-1-3-13(4-2-12)10-16-6-5-15(11-16)7-8-17/h1-6,11,17H,7-8,10H2/q+1. The first-order valence-electron chi connectivity index (χ1n) is 5.46. The number of benzene rings is 1. The van der Waals surface area contributed by atoms with Gasteiger partial charge >= 0.3 is 0 Å². The zero-order valence-corrected chi connectivity index (χ0v) is 9.45. The van der Waals surface area contributed by atoms with Gasteiger partial charge in [0.1, 0.15) is 25.5 Å². The predicted octanol–water partition coefficient (Wildman–Crippen LogP) is 0.688. The van der Waals surface area contributed by atoms with E-state index in [0.717, 1.165) is 12.1 Å². The second kappa shape index (κ2) is 5.28. The molecule has 0 fully saturated rings. The summed E-state index contributed by atoms with van der Waals surface area (Å²) in [5.41, 5.74) is 1.83. The fraction of sp³-hybridized carbons (Fsp3) is 0.231. The molecule has 1 aromatic carbocycles. The molecule has 0 aliphatic heterocycles. The van der Waals surface area contributed by atoms with Crippen molar-refractivity contribution in [2.75, 3.05) is 6.61 Å². The minimum Gasteiger partial charge on any atom is -0.392 e. The SMILES string of the molecule is N#Cc1ccc(C[n+]2ccn(CCO)c2)cc1. The van der Waals surface area contributed by atoms with Gasteiger partial charge in [-0.15, -0.1) is 0 Å². The predicted molar refractivity (Wildman–Crippen MR) is 62.0 cm³/mol. The summed E-state index contributed by atoms with van der Waals surface area (Å²) in [6.07, 6.45) is 5.85. The third-order valence-corrected chi connectivity index (χ3v) is 2.55. The number of nitrogens with zero attached hydrogens (tertiary/aromatic N) is 3. The zero-order valence-electron chi connectivity index (χ0n) is 9.45. The zero-order chi connectivity index (χ0) is 12.1. The lowest BCUT2D eigenvalue weighted by atomic mass is 10.1. The molecule has 0 unspecified atom stereocenters. The van der Waals surface area contributed by atoms with Crippen molar-refractivity contribution < 1.29 is 9.67 Å². The van der Waals surface area contributed by atoms with Gasteiger partial charge in [0.05, 0.1) is 18.2 Å². The van der Waals surface area contributed by atoms with Crippen LogP contribution < -0.4 is 4.57 Å². The molecular formula is C13H14N3O+. The molecule has 1 N–H and O–H groups in total. The van der Waals surface area contributed by atoms with Gasteiger partial charge in [0.25, 0.3) is 0 Å². The number of rotatable bonds is 4. The highest BCUT2D eigenvalue weighted by molar-refractivity contribution is 5.31. The van der Waals surface area contributed by atoms with E-state index in [1.165, 1.54) is 0 Å². The second-order valence-corrected chi connectivity index (χ2v) is 3.86. The summed E-state index contributed by atoms with van der Waals surface area (Å²) in [5, 5.41) is 17.5. The maximum absolute atomic E-state index is 8.82. The van der Waals surface area contributed by atoms with Crippen molar-refractivity contribution in [3.05, 3.63) is 54.1 Å². The average molecular weight is 228 g/mol. The molecule has 0 bridgehead atoms. The molecule has 0 spiro atoms. The molecule has 0 aliphatic carbocycles. The lowest BCUT2D eigenvalue weighted by Crippen LogP contribution is -2.31. The van der Waals surface area contributed by atoms with E-state index in [2.05, 4.69) is 6.07 Å². The van der Waals surface area contributed by atoms with Crippen molar-refractivity contribution >= 4 is 0 Å². The van der Waals surface area contributed by atoms with E-state index in [-0.39, 0.29) is 6.61 Å². The second-order valence-electron chi connectivity index (χ2n) is 3.86. The lowest BCUT2D eigenvalue weighted by Gasteiger charge is -1.97. The summed E-state index contributed by atoms with van der Waals surface area (Å²) in [6, 6.07) is 9.65. The Morgan fingerprint density at radius 2 is 2.06 bits per heavy atom. The third kappa shape index (κ3) is 2.92. The molecule has 0 amide bonds. The maximum Gasteiger partial charge on any atom is 0.244 e. The van der Waals surface area contributed by atoms with Gasteiger partial charge in [0, 0.05) is 0 Å². The summed E-state index contributed by atoms with van der Waals surface area (Å²) < 4.78 is 3.97. The van der Waals surface area contributed by atoms with Crippen molar-refractivity contribution in [3.8, 4) is 6.07 Å². The summed E-state index contributed by atoms with van der Waals surface area (Å²) in [7, 11) is 0. The van der Waals surface area contributed by atoms with Crippen LogP contribution in [0.2, 0.25) is 0 Å². The Balaban J connectivity index is 2.06. The van der Waals surface area contributed by atoms with Crippen molar-refractivity contribution in [1.29, 1.82) is 5.26 Å². The molecule has 1 heterocycles. The van der Waals surface area contributed by atoms with Gasteiger partial charge in [-0.3, -0.25) is 0 Å². The molecule has 1 aromatic heterocycles. The van der Waals surface area contributed by atoms with Crippen LogP contribution in [0.25, 0.3) is 0 Å². The Morgan fingerprint density at radius 1 is 1.29 bits per heavy atom. The fourth-order valence-electron chi connectivity index (χ4n) is 1.68. The van der Waals surface area contributed by atoms with Crippen LogP contribution in [-0.4, -0.2) is 16.3 Å². The number of hydrogen-bond donors (Lipinski definition) is 1. The third-order valence-electron chi connectivity index (χ3n) is 2.55. The number of hydrogen-bond acceptors (Lipinski definition) is 2. The first-order valence-corrected chi connectivity index (χ1v) is 5.46.